The first-order valence-electron chi connectivity index (χ1n) is 7.38. The van der Waals surface area contributed by atoms with Crippen LogP contribution in [0.25, 0.3) is 10.7 Å². The molecular weight excluding hydrogens is 362 g/mol. The van der Waals surface area contributed by atoms with Gasteiger partial charge in [-0.25, -0.2) is 8.42 Å². The summed E-state index contributed by atoms with van der Waals surface area (Å²) in [5, 5.41) is 11.5. The second kappa shape index (κ2) is 7.08. The van der Waals surface area contributed by atoms with Crippen molar-refractivity contribution in [2.24, 2.45) is 0 Å². The van der Waals surface area contributed by atoms with Crippen molar-refractivity contribution in [1.82, 2.24) is 14.8 Å². The van der Waals surface area contributed by atoms with Gasteiger partial charge in [-0.05, 0) is 36.1 Å². The van der Waals surface area contributed by atoms with E-state index in [0.717, 1.165) is 28.0 Å². The number of nitrogens with zero attached hydrogens (tertiary/aromatic N) is 3. The molecule has 2 aromatic heterocycles. The minimum absolute atomic E-state index is 0.341. The molecule has 8 heteroatoms. The lowest BCUT2D eigenvalue weighted by atomic mass is 10.2. The molecule has 24 heavy (non-hydrogen) atoms. The van der Waals surface area contributed by atoms with Crippen LogP contribution in [-0.4, -0.2) is 29.4 Å². The molecule has 5 nitrogen and oxygen atoms in total. The molecule has 0 fully saturated rings. The molecule has 0 amide bonds. The summed E-state index contributed by atoms with van der Waals surface area (Å²) in [6.07, 6.45) is 1.21. The Bertz CT molecular complexity index is 914. The highest BCUT2D eigenvalue weighted by Crippen LogP contribution is 2.28. The summed E-state index contributed by atoms with van der Waals surface area (Å²) in [5.74, 6) is 1.61. The van der Waals surface area contributed by atoms with Gasteiger partial charge in [-0.15, -0.1) is 21.5 Å². The number of hydrogen-bond acceptors (Lipinski definition) is 6. The fourth-order valence-corrected chi connectivity index (χ4v) is 4.56. The number of benzene rings is 1. The van der Waals surface area contributed by atoms with Gasteiger partial charge in [-0.2, -0.15) is 0 Å². The van der Waals surface area contributed by atoms with Gasteiger partial charge in [0, 0.05) is 18.6 Å². The minimum atomic E-state index is -3.15. The van der Waals surface area contributed by atoms with Crippen molar-refractivity contribution in [3.05, 3.63) is 47.3 Å². The van der Waals surface area contributed by atoms with E-state index in [1.54, 1.807) is 35.2 Å². The molecule has 0 aliphatic carbocycles. The first kappa shape index (κ1) is 17.2. The molecule has 0 atom stereocenters. The molecule has 3 aromatic rings. The summed E-state index contributed by atoms with van der Waals surface area (Å²) in [6.45, 7) is 2.88. The normalized spacial score (nSPS) is 11.8. The minimum Gasteiger partial charge on any atom is -0.302 e. The quantitative estimate of drug-likeness (QED) is 0.611. The van der Waals surface area contributed by atoms with Crippen LogP contribution in [0.5, 0.6) is 0 Å². The van der Waals surface area contributed by atoms with Gasteiger partial charge in [-0.3, -0.25) is 0 Å². The van der Waals surface area contributed by atoms with Crippen LogP contribution in [0.2, 0.25) is 0 Å². The van der Waals surface area contributed by atoms with E-state index in [4.69, 9.17) is 0 Å². The van der Waals surface area contributed by atoms with E-state index in [1.165, 1.54) is 6.26 Å². The van der Waals surface area contributed by atoms with Crippen LogP contribution in [-0.2, 0) is 22.1 Å². The molecule has 0 aliphatic heterocycles. The van der Waals surface area contributed by atoms with Crippen LogP contribution in [0.4, 0.5) is 0 Å². The summed E-state index contributed by atoms with van der Waals surface area (Å²) in [6, 6.07) is 11.0. The Morgan fingerprint density at radius 3 is 2.50 bits per heavy atom. The van der Waals surface area contributed by atoms with Crippen LogP contribution in [0.1, 0.15) is 12.5 Å². The fourth-order valence-electron chi connectivity index (χ4n) is 2.25. The zero-order valence-corrected chi connectivity index (χ0v) is 15.8. The van der Waals surface area contributed by atoms with E-state index in [1.807, 2.05) is 29.6 Å². The number of rotatable bonds is 6. The van der Waals surface area contributed by atoms with Gasteiger partial charge in [-0.1, -0.05) is 30.0 Å². The van der Waals surface area contributed by atoms with Crippen LogP contribution in [0.3, 0.4) is 0 Å². The molecule has 2 heterocycles. The second-order valence-electron chi connectivity index (χ2n) is 5.23. The second-order valence-corrected chi connectivity index (χ2v) is 9.14. The maximum absolute atomic E-state index is 11.5. The monoisotopic (exact) mass is 379 g/mol. The van der Waals surface area contributed by atoms with Crippen LogP contribution < -0.4 is 0 Å². The molecule has 0 bridgehead atoms. The number of thioether (sulfide) groups is 1. The van der Waals surface area contributed by atoms with Gasteiger partial charge in [0.2, 0.25) is 0 Å². The molecule has 0 radical (unpaired) electrons. The predicted octanol–water partition coefficient (Wildman–Crippen LogP) is 3.72. The Morgan fingerprint density at radius 2 is 1.92 bits per heavy atom. The average Bonchev–Trinajstić information content (AvgIpc) is 3.21. The number of thiophene rings is 1. The van der Waals surface area contributed by atoms with E-state index < -0.39 is 9.84 Å². The summed E-state index contributed by atoms with van der Waals surface area (Å²) in [5.41, 5.74) is 1.05. The SMILES string of the molecule is CCn1c(SCc2ccc(S(C)(=O)=O)cc2)nnc1-c1cccs1. The summed E-state index contributed by atoms with van der Waals surface area (Å²) in [4.78, 5) is 1.45. The summed E-state index contributed by atoms with van der Waals surface area (Å²) < 4.78 is 25.1. The number of aromatic nitrogens is 3. The van der Waals surface area contributed by atoms with Crippen LogP contribution >= 0.6 is 23.1 Å². The van der Waals surface area contributed by atoms with Crippen molar-refractivity contribution in [3.63, 3.8) is 0 Å². The lowest BCUT2D eigenvalue weighted by molar-refractivity contribution is 0.602. The predicted molar refractivity (Wildman–Crippen MR) is 98.1 cm³/mol. The molecule has 1 aromatic carbocycles. The molecule has 126 valence electrons. The summed E-state index contributed by atoms with van der Waals surface area (Å²) in [7, 11) is -3.15. The number of hydrogen-bond donors (Lipinski definition) is 0. The Labute approximate surface area is 149 Å². The standard InChI is InChI=1S/C16H17N3O2S3/c1-3-19-15(14-5-4-10-22-14)17-18-16(19)23-11-12-6-8-13(9-7-12)24(2,20)21/h4-10H,3,11H2,1-2H3. The summed E-state index contributed by atoms with van der Waals surface area (Å²) >= 11 is 3.25. The molecule has 0 saturated heterocycles. The highest BCUT2D eigenvalue weighted by atomic mass is 32.2. The third kappa shape index (κ3) is 3.71. The van der Waals surface area contributed by atoms with Gasteiger partial charge in [0.1, 0.15) is 0 Å². The van der Waals surface area contributed by atoms with E-state index in [2.05, 4.69) is 21.7 Å². The van der Waals surface area contributed by atoms with Crippen molar-refractivity contribution in [2.45, 2.75) is 29.3 Å². The maximum atomic E-state index is 11.5. The van der Waals surface area contributed by atoms with Crippen molar-refractivity contribution in [3.8, 4) is 10.7 Å². The number of sulfone groups is 1. The smallest absolute Gasteiger partial charge is 0.191 e. The van der Waals surface area contributed by atoms with Crippen molar-refractivity contribution in [2.75, 3.05) is 6.26 Å². The van der Waals surface area contributed by atoms with Crippen LogP contribution in [0, 0.1) is 0 Å². The van der Waals surface area contributed by atoms with E-state index in [-0.39, 0.29) is 0 Å². The topological polar surface area (TPSA) is 64.8 Å². The molecule has 0 saturated carbocycles. The fraction of sp³-hybridized carbons (Fsp3) is 0.250. The molecule has 0 aliphatic rings. The van der Waals surface area contributed by atoms with Gasteiger partial charge in [0.25, 0.3) is 0 Å². The Balaban J connectivity index is 1.75. The largest absolute Gasteiger partial charge is 0.302 e. The highest BCUT2D eigenvalue weighted by molar-refractivity contribution is 7.98. The Kier molecular flexibility index (Phi) is 5.07. The van der Waals surface area contributed by atoms with E-state index >= 15 is 0 Å². The average molecular weight is 380 g/mol. The van der Waals surface area contributed by atoms with Gasteiger partial charge >= 0.3 is 0 Å². The van der Waals surface area contributed by atoms with Crippen LogP contribution in [0.15, 0.2) is 51.8 Å². The van der Waals surface area contributed by atoms with Gasteiger partial charge in [0.05, 0.1) is 9.77 Å². The van der Waals surface area contributed by atoms with E-state index in [9.17, 15) is 8.42 Å². The molecule has 3 rings (SSSR count). The van der Waals surface area contributed by atoms with E-state index in [0.29, 0.717) is 10.6 Å². The zero-order valence-electron chi connectivity index (χ0n) is 13.3. The van der Waals surface area contributed by atoms with Crippen molar-refractivity contribution >= 4 is 32.9 Å². The lowest BCUT2D eigenvalue weighted by Crippen LogP contribution is -1.99. The third-order valence-corrected chi connectivity index (χ3v) is 6.53. The van der Waals surface area contributed by atoms with Crippen molar-refractivity contribution < 1.29 is 8.42 Å². The van der Waals surface area contributed by atoms with Gasteiger partial charge in [0.15, 0.2) is 20.8 Å². The lowest BCUT2D eigenvalue weighted by Gasteiger charge is -2.06. The molecule has 0 spiro atoms. The Morgan fingerprint density at radius 1 is 1.17 bits per heavy atom. The maximum Gasteiger partial charge on any atom is 0.191 e. The first-order chi connectivity index (χ1) is 11.5. The van der Waals surface area contributed by atoms with Crippen molar-refractivity contribution in [1.29, 1.82) is 0 Å². The molecule has 0 unspecified atom stereocenters. The van der Waals surface area contributed by atoms with Gasteiger partial charge < -0.3 is 4.57 Å². The highest BCUT2D eigenvalue weighted by Gasteiger charge is 2.14. The zero-order chi connectivity index (χ0) is 17.2. The Hall–Kier alpha value is -1.64. The third-order valence-electron chi connectivity index (χ3n) is 3.49. The molecular formula is C16H17N3O2S3. The first-order valence-corrected chi connectivity index (χ1v) is 11.1. The molecule has 0 N–H and O–H groups in total.